The van der Waals surface area contributed by atoms with Gasteiger partial charge in [-0.2, -0.15) is 0 Å². The lowest BCUT2D eigenvalue weighted by molar-refractivity contribution is -0.136. The first-order valence-electron chi connectivity index (χ1n) is 12.1. The van der Waals surface area contributed by atoms with Gasteiger partial charge in [-0.3, -0.25) is 14.6 Å². The van der Waals surface area contributed by atoms with Gasteiger partial charge in [-0.15, -0.1) is 11.3 Å². The first-order chi connectivity index (χ1) is 17.0. The second-order valence-electron chi connectivity index (χ2n) is 9.71. The number of likely N-dealkylation sites (N-methyl/N-ethyl adjacent to an activating group) is 1. The number of rotatable bonds is 4. The van der Waals surface area contributed by atoms with Crippen molar-refractivity contribution in [1.82, 2.24) is 19.8 Å². The molecule has 2 atom stereocenters. The summed E-state index contributed by atoms with van der Waals surface area (Å²) in [4.78, 5) is 44.5. The number of thiophene rings is 1. The lowest BCUT2D eigenvalue weighted by Gasteiger charge is -2.28. The minimum atomic E-state index is -0.0164. The van der Waals surface area contributed by atoms with E-state index >= 15 is 0 Å². The number of carbonyl (C=O) groups excluding carboxylic acids is 2. The highest BCUT2D eigenvalue weighted by Gasteiger charge is 2.36. The molecular weight excluding hydrogens is 460 g/mol. The number of aromatic nitrogens is 2. The molecule has 3 aliphatic rings. The van der Waals surface area contributed by atoms with Crippen molar-refractivity contribution in [2.24, 2.45) is 10.9 Å². The van der Waals surface area contributed by atoms with Crippen LogP contribution >= 0.6 is 11.3 Å². The van der Waals surface area contributed by atoms with E-state index in [0.29, 0.717) is 6.54 Å². The fourth-order valence-corrected chi connectivity index (χ4v) is 6.77. The van der Waals surface area contributed by atoms with Crippen LogP contribution in [0.15, 0.2) is 29.5 Å². The summed E-state index contributed by atoms with van der Waals surface area (Å²) in [5.41, 5.74) is 4.65. The zero-order valence-electron chi connectivity index (χ0n) is 20.0. The minimum Gasteiger partial charge on any atom is -0.341 e. The Kier molecular flexibility index (Phi) is 5.51. The van der Waals surface area contributed by atoms with Gasteiger partial charge in [0.05, 0.1) is 18.0 Å². The van der Waals surface area contributed by atoms with Crippen LogP contribution in [0.1, 0.15) is 41.3 Å². The monoisotopic (exact) mass is 488 g/mol. The minimum absolute atomic E-state index is 0.0164. The predicted octanol–water partition coefficient (Wildman–Crippen LogP) is 3.55. The van der Waals surface area contributed by atoms with Gasteiger partial charge in [-0.05, 0) is 54.5 Å². The van der Waals surface area contributed by atoms with Crippen LogP contribution in [0.3, 0.4) is 0 Å². The van der Waals surface area contributed by atoms with Crippen LogP contribution < -0.4 is 5.32 Å². The first kappa shape index (κ1) is 22.2. The van der Waals surface area contributed by atoms with Gasteiger partial charge >= 0.3 is 0 Å². The number of nitrogens with zero attached hydrogens (tertiary/aromatic N) is 5. The third-order valence-electron chi connectivity index (χ3n) is 7.61. The topological polar surface area (TPSA) is 90.8 Å². The van der Waals surface area contributed by atoms with E-state index in [1.165, 1.54) is 16.0 Å². The smallest absolute Gasteiger partial charge is 0.226 e. The largest absolute Gasteiger partial charge is 0.341 e. The molecule has 2 amide bonds. The molecule has 1 saturated heterocycles. The van der Waals surface area contributed by atoms with Crippen LogP contribution in [0.5, 0.6) is 0 Å². The summed E-state index contributed by atoms with van der Waals surface area (Å²) in [6.07, 6.45) is 6.79. The van der Waals surface area contributed by atoms with Gasteiger partial charge in [-0.25, -0.2) is 9.97 Å². The highest BCUT2D eigenvalue weighted by molar-refractivity contribution is 7.19. The molecule has 2 aromatic heterocycles. The number of benzene rings is 1. The van der Waals surface area contributed by atoms with Gasteiger partial charge in [-0.1, -0.05) is 6.07 Å². The molecule has 8 nitrogen and oxygen atoms in total. The third-order valence-corrected chi connectivity index (χ3v) is 8.78. The highest BCUT2D eigenvalue weighted by Crippen LogP contribution is 2.41. The molecule has 4 heterocycles. The Bertz CT molecular complexity index is 1370. The van der Waals surface area contributed by atoms with E-state index in [1.807, 2.05) is 18.2 Å². The summed E-state index contributed by atoms with van der Waals surface area (Å²) in [7, 11) is 1.83. The molecule has 2 unspecified atom stereocenters. The number of aliphatic imine (C=N–C) groups is 1. The fraction of sp³-hybridized carbons (Fsp3) is 0.423. The van der Waals surface area contributed by atoms with E-state index < -0.39 is 0 Å². The van der Waals surface area contributed by atoms with Crippen LogP contribution in [-0.4, -0.2) is 64.0 Å². The predicted molar refractivity (Wildman–Crippen MR) is 137 cm³/mol. The normalized spacial score (nSPS) is 20.7. The maximum Gasteiger partial charge on any atom is 0.226 e. The lowest BCUT2D eigenvalue weighted by Crippen LogP contribution is -2.41. The number of hydrogen-bond acceptors (Lipinski definition) is 7. The second kappa shape index (κ2) is 8.71. The average molecular weight is 489 g/mol. The highest BCUT2D eigenvalue weighted by atomic mass is 32.1. The van der Waals surface area contributed by atoms with Gasteiger partial charge in [0.1, 0.15) is 17.0 Å². The van der Waals surface area contributed by atoms with Crippen molar-refractivity contribution in [2.75, 3.05) is 25.5 Å². The van der Waals surface area contributed by atoms with E-state index in [2.05, 4.69) is 38.5 Å². The van der Waals surface area contributed by atoms with Crippen LogP contribution in [0, 0.1) is 5.92 Å². The van der Waals surface area contributed by atoms with Crippen molar-refractivity contribution in [1.29, 1.82) is 0 Å². The van der Waals surface area contributed by atoms with Crippen LogP contribution in [0.4, 0.5) is 11.5 Å². The van der Waals surface area contributed by atoms with Crippen molar-refractivity contribution in [3.05, 3.63) is 46.1 Å². The number of anilines is 2. The van der Waals surface area contributed by atoms with Crippen molar-refractivity contribution in [2.45, 2.75) is 45.2 Å². The number of fused-ring (bicyclic) bond motifs is 4. The summed E-state index contributed by atoms with van der Waals surface area (Å²) in [6, 6.07) is 6.41. The van der Waals surface area contributed by atoms with Crippen molar-refractivity contribution in [3.63, 3.8) is 0 Å². The molecule has 3 aromatic rings. The molecule has 35 heavy (non-hydrogen) atoms. The summed E-state index contributed by atoms with van der Waals surface area (Å²) in [5.74, 6) is 1.08. The Hall–Kier alpha value is -3.33. The zero-order valence-corrected chi connectivity index (χ0v) is 20.8. The van der Waals surface area contributed by atoms with Gasteiger partial charge in [0.2, 0.25) is 11.8 Å². The molecule has 0 bridgehead atoms. The van der Waals surface area contributed by atoms with Gasteiger partial charge in [0.15, 0.2) is 0 Å². The Labute approximate surface area is 208 Å². The number of carbonyl (C=O) groups is 2. The fourth-order valence-electron chi connectivity index (χ4n) is 5.51. The van der Waals surface area contributed by atoms with Gasteiger partial charge < -0.3 is 15.1 Å². The van der Waals surface area contributed by atoms with Gasteiger partial charge in [0.25, 0.3) is 0 Å². The van der Waals surface area contributed by atoms with Crippen molar-refractivity contribution < 1.29 is 9.59 Å². The van der Waals surface area contributed by atoms with Crippen LogP contribution in [0.2, 0.25) is 0 Å². The Morgan fingerprint density at radius 1 is 1.23 bits per heavy atom. The zero-order chi connectivity index (χ0) is 24.1. The molecule has 2 aliphatic heterocycles. The van der Waals surface area contributed by atoms with Crippen molar-refractivity contribution >= 4 is 51.1 Å². The summed E-state index contributed by atoms with van der Waals surface area (Å²) < 4.78 is 0. The molecule has 1 aliphatic carbocycles. The molecule has 6 rings (SSSR count). The number of likely N-dealkylation sites (tertiary alicyclic amines) is 1. The molecule has 180 valence electrons. The van der Waals surface area contributed by atoms with E-state index in [4.69, 9.17) is 0 Å². The van der Waals surface area contributed by atoms with E-state index in [1.54, 1.807) is 29.5 Å². The average Bonchev–Trinajstić information content (AvgIpc) is 3.60. The maximum absolute atomic E-state index is 13.3. The molecule has 0 saturated carbocycles. The SMILES string of the molecule is CC(=O)N(C)C1CCN(C(=O)C2CCc3c(sc4ncnc(Nc5ccc6c(c5)C=NC6)c34)C2)C1. The molecule has 1 N–H and O–H groups in total. The summed E-state index contributed by atoms with van der Waals surface area (Å²) >= 11 is 1.68. The molecule has 9 heteroatoms. The van der Waals surface area contributed by atoms with Crippen LogP contribution in [0.25, 0.3) is 10.2 Å². The number of nitrogens with one attached hydrogen (secondary N) is 1. The lowest BCUT2D eigenvalue weighted by atomic mass is 9.87. The third kappa shape index (κ3) is 3.97. The first-order valence-corrected chi connectivity index (χ1v) is 13.0. The van der Waals surface area contributed by atoms with E-state index in [-0.39, 0.29) is 23.8 Å². The Balaban J connectivity index is 1.21. The molecule has 1 fully saturated rings. The molecule has 0 spiro atoms. The van der Waals surface area contributed by atoms with Gasteiger partial charge in [0, 0.05) is 49.8 Å². The van der Waals surface area contributed by atoms with E-state index in [9.17, 15) is 9.59 Å². The molecular formula is C26H28N6O2S. The standard InChI is InChI=1S/C26H28N6O2S/c1-15(33)31(2)20-7-8-32(13-20)26(34)16-4-6-21-22(10-16)35-25-23(21)24(28-14-29-25)30-19-5-3-17-11-27-12-18(17)9-19/h3,5,9,12,14,16,20H,4,6-8,10-11,13H2,1-2H3,(H,28,29,30). The maximum atomic E-state index is 13.3. The second-order valence-corrected chi connectivity index (χ2v) is 10.8. The summed E-state index contributed by atoms with van der Waals surface area (Å²) in [5, 5.41) is 4.58. The molecule has 0 radical (unpaired) electrons. The number of amides is 2. The number of aryl methyl sites for hydroxylation is 1. The number of hydrogen-bond donors (Lipinski definition) is 1. The molecule has 1 aromatic carbocycles. The Morgan fingerprint density at radius 2 is 2.11 bits per heavy atom. The van der Waals surface area contributed by atoms with E-state index in [0.717, 1.165) is 66.1 Å². The Morgan fingerprint density at radius 3 is 2.97 bits per heavy atom. The van der Waals surface area contributed by atoms with Crippen LogP contribution in [-0.2, 0) is 29.0 Å². The van der Waals surface area contributed by atoms with Crippen molar-refractivity contribution in [3.8, 4) is 0 Å². The quantitative estimate of drug-likeness (QED) is 0.607. The summed E-state index contributed by atoms with van der Waals surface area (Å²) in [6.45, 7) is 3.69.